The van der Waals surface area contributed by atoms with Crippen LogP contribution in [0.5, 0.6) is 5.75 Å². The Bertz CT molecular complexity index is 881. The van der Waals surface area contributed by atoms with Crippen LogP contribution in [0.3, 0.4) is 0 Å². The van der Waals surface area contributed by atoms with E-state index in [2.05, 4.69) is 5.10 Å². The second kappa shape index (κ2) is 6.83. The summed E-state index contributed by atoms with van der Waals surface area (Å²) in [6.07, 6.45) is 0.657. The molecule has 1 fully saturated rings. The van der Waals surface area contributed by atoms with Gasteiger partial charge in [-0.3, -0.25) is 4.79 Å². The number of benzene rings is 1. The molecule has 0 radical (unpaired) electrons. The normalized spacial score (nSPS) is 22.3. The summed E-state index contributed by atoms with van der Waals surface area (Å²) in [5.74, 6) is -0.431. The van der Waals surface area contributed by atoms with E-state index in [1.54, 1.807) is 0 Å². The van der Waals surface area contributed by atoms with E-state index in [1.807, 2.05) is 32.9 Å². The average molecular weight is 378 g/mol. The molecule has 0 aromatic heterocycles. The molecule has 1 aromatic carbocycles. The molecule has 0 saturated carbocycles. The van der Waals surface area contributed by atoms with E-state index < -0.39 is 21.8 Å². The molecule has 140 valence electrons. The van der Waals surface area contributed by atoms with Crippen LogP contribution in [0.4, 0.5) is 0 Å². The van der Waals surface area contributed by atoms with Crippen molar-refractivity contribution in [2.24, 2.45) is 5.10 Å². The Morgan fingerprint density at radius 3 is 2.42 bits per heavy atom. The third-order valence-electron chi connectivity index (χ3n) is 4.65. The van der Waals surface area contributed by atoms with Crippen LogP contribution >= 0.6 is 0 Å². The van der Waals surface area contributed by atoms with E-state index in [-0.39, 0.29) is 36.0 Å². The van der Waals surface area contributed by atoms with Gasteiger partial charge in [0.25, 0.3) is 0 Å². The zero-order chi connectivity index (χ0) is 19.1. The third-order valence-corrected chi connectivity index (χ3v) is 6.40. The molecule has 0 N–H and O–H groups in total. The van der Waals surface area contributed by atoms with E-state index in [1.165, 1.54) is 5.01 Å². The SMILES string of the molecule is Cc1cc(C)c(OC(=O)C2=NN([C@@H]3CCS(=O)(=O)C3)C(=O)CC2)c(C)c1. The van der Waals surface area contributed by atoms with Crippen LogP contribution in [0, 0.1) is 20.8 Å². The monoisotopic (exact) mass is 378 g/mol. The number of sulfone groups is 1. The molecule has 1 atom stereocenters. The molecule has 2 aliphatic rings. The van der Waals surface area contributed by atoms with Gasteiger partial charge in [-0.15, -0.1) is 0 Å². The van der Waals surface area contributed by atoms with Gasteiger partial charge in [-0.2, -0.15) is 5.10 Å². The van der Waals surface area contributed by atoms with Crippen molar-refractivity contribution < 1.29 is 22.7 Å². The summed E-state index contributed by atoms with van der Waals surface area (Å²) in [6.45, 7) is 5.70. The van der Waals surface area contributed by atoms with Gasteiger partial charge < -0.3 is 4.74 Å². The number of carbonyl (C=O) groups excluding carboxylic acids is 2. The second-order valence-corrected chi connectivity index (χ2v) is 9.19. The zero-order valence-electron chi connectivity index (χ0n) is 15.1. The zero-order valence-corrected chi connectivity index (χ0v) is 15.9. The van der Waals surface area contributed by atoms with Gasteiger partial charge in [0.2, 0.25) is 5.91 Å². The Hall–Kier alpha value is -2.22. The van der Waals surface area contributed by atoms with Gasteiger partial charge in [-0.05, 0) is 38.3 Å². The fourth-order valence-corrected chi connectivity index (χ4v) is 5.14. The van der Waals surface area contributed by atoms with Crippen LogP contribution in [0.25, 0.3) is 0 Å². The molecule has 0 bridgehead atoms. The molecule has 0 unspecified atom stereocenters. The van der Waals surface area contributed by atoms with E-state index >= 15 is 0 Å². The summed E-state index contributed by atoms with van der Waals surface area (Å²) in [6, 6.07) is 3.35. The van der Waals surface area contributed by atoms with Crippen molar-refractivity contribution in [3.63, 3.8) is 0 Å². The Balaban J connectivity index is 1.81. The summed E-state index contributed by atoms with van der Waals surface area (Å²) in [5.41, 5.74) is 2.92. The molecule has 3 rings (SSSR count). The lowest BCUT2D eigenvalue weighted by Gasteiger charge is -2.27. The molecular weight excluding hydrogens is 356 g/mol. The molecule has 0 spiro atoms. The van der Waals surface area contributed by atoms with Gasteiger partial charge in [0.15, 0.2) is 9.84 Å². The number of nitrogens with zero attached hydrogens (tertiary/aromatic N) is 2. The average Bonchev–Trinajstić information content (AvgIpc) is 2.91. The summed E-state index contributed by atoms with van der Waals surface area (Å²) < 4.78 is 28.9. The van der Waals surface area contributed by atoms with Crippen LogP contribution in [0.15, 0.2) is 17.2 Å². The number of esters is 1. The Kier molecular flexibility index (Phi) is 4.88. The van der Waals surface area contributed by atoms with Gasteiger partial charge in [0.1, 0.15) is 11.5 Å². The quantitative estimate of drug-likeness (QED) is 0.589. The fourth-order valence-electron chi connectivity index (χ4n) is 3.45. The predicted molar refractivity (Wildman–Crippen MR) is 96.9 cm³/mol. The van der Waals surface area contributed by atoms with Gasteiger partial charge in [0.05, 0.1) is 17.5 Å². The van der Waals surface area contributed by atoms with Crippen LogP contribution in [-0.2, 0) is 19.4 Å². The van der Waals surface area contributed by atoms with Crippen molar-refractivity contribution in [3.8, 4) is 5.75 Å². The molecule has 1 saturated heterocycles. The number of hydrogen-bond donors (Lipinski definition) is 0. The fraction of sp³-hybridized carbons (Fsp3) is 0.500. The molecule has 8 heteroatoms. The Morgan fingerprint density at radius 2 is 1.85 bits per heavy atom. The summed E-state index contributed by atoms with van der Waals surface area (Å²) >= 11 is 0. The van der Waals surface area contributed by atoms with E-state index in [0.717, 1.165) is 16.7 Å². The number of hydrogen-bond acceptors (Lipinski definition) is 6. The first-order chi connectivity index (χ1) is 12.2. The first-order valence-electron chi connectivity index (χ1n) is 8.56. The number of rotatable bonds is 3. The molecule has 2 heterocycles. The molecule has 0 aliphatic carbocycles. The van der Waals surface area contributed by atoms with E-state index in [4.69, 9.17) is 4.74 Å². The van der Waals surface area contributed by atoms with Gasteiger partial charge >= 0.3 is 5.97 Å². The Labute approximate surface area is 152 Å². The largest absolute Gasteiger partial charge is 0.421 e. The van der Waals surface area contributed by atoms with Crippen molar-refractivity contribution in [1.82, 2.24) is 5.01 Å². The highest BCUT2D eigenvalue weighted by Crippen LogP contribution is 2.26. The summed E-state index contributed by atoms with van der Waals surface area (Å²) in [5, 5.41) is 5.31. The molecule has 1 amide bonds. The van der Waals surface area contributed by atoms with Crippen molar-refractivity contribution in [3.05, 3.63) is 28.8 Å². The maximum atomic E-state index is 12.5. The first-order valence-corrected chi connectivity index (χ1v) is 10.4. The lowest BCUT2D eigenvalue weighted by molar-refractivity contribution is -0.134. The molecular formula is C18H22N2O5S. The number of ether oxygens (including phenoxy) is 1. The van der Waals surface area contributed by atoms with Gasteiger partial charge in [0, 0.05) is 12.8 Å². The maximum Gasteiger partial charge on any atom is 0.359 e. The smallest absolute Gasteiger partial charge is 0.359 e. The van der Waals surface area contributed by atoms with Crippen molar-refractivity contribution in [2.75, 3.05) is 11.5 Å². The number of aryl methyl sites for hydroxylation is 3. The first kappa shape index (κ1) is 18.6. The molecule has 7 nitrogen and oxygen atoms in total. The summed E-state index contributed by atoms with van der Waals surface area (Å²) in [7, 11) is -3.15. The minimum absolute atomic E-state index is 0.0402. The Morgan fingerprint density at radius 1 is 1.19 bits per heavy atom. The van der Waals surface area contributed by atoms with Crippen LogP contribution in [0.1, 0.15) is 36.0 Å². The van der Waals surface area contributed by atoms with E-state index in [9.17, 15) is 18.0 Å². The third kappa shape index (κ3) is 3.80. The highest BCUT2D eigenvalue weighted by atomic mass is 32.2. The molecule has 1 aromatic rings. The standard InChI is InChI=1S/C18H22N2O5S/c1-11-8-12(2)17(13(3)9-11)25-18(22)15-4-5-16(21)20(19-15)14-6-7-26(23,24)10-14/h8-9,14H,4-7,10H2,1-3H3/t14-/m1/s1. The molecule has 2 aliphatic heterocycles. The van der Waals surface area contributed by atoms with Crippen LogP contribution in [-0.4, -0.2) is 48.6 Å². The summed E-state index contributed by atoms with van der Waals surface area (Å²) in [4.78, 5) is 24.7. The lowest BCUT2D eigenvalue weighted by atomic mass is 10.1. The van der Waals surface area contributed by atoms with Crippen LogP contribution in [0.2, 0.25) is 0 Å². The highest BCUT2D eigenvalue weighted by molar-refractivity contribution is 7.91. The second-order valence-electron chi connectivity index (χ2n) is 6.96. The predicted octanol–water partition coefficient (Wildman–Crippen LogP) is 1.68. The number of hydrazone groups is 1. The van der Waals surface area contributed by atoms with E-state index in [0.29, 0.717) is 12.2 Å². The maximum absolute atomic E-state index is 12.5. The van der Waals surface area contributed by atoms with Crippen molar-refractivity contribution >= 4 is 27.4 Å². The van der Waals surface area contributed by atoms with Gasteiger partial charge in [-0.25, -0.2) is 18.2 Å². The highest BCUT2D eigenvalue weighted by Gasteiger charge is 2.37. The van der Waals surface area contributed by atoms with Crippen molar-refractivity contribution in [1.29, 1.82) is 0 Å². The van der Waals surface area contributed by atoms with Crippen molar-refractivity contribution in [2.45, 2.75) is 46.1 Å². The van der Waals surface area contributed by atoms with Crippen LogP contribution < -0.4 is 4.74 Å². The number of carbonyl (C=O) groups is 2. The topological polar surface area (TPSA) is 93.1 Å². The minimum Gasteiger partial charge on any atom is -0.421 e. The lowest BCUT2D eigenvalue weighted by Crippen LogP contribution is -2.42. The molecule has 26 heavy (non-hydrogen) atoms. The minimum atomic E-state index is -3.15. The van der Waals surface area contributed by atoms with Gasteiger partial charge in [-0.1, -0.05) is 17.7 Å². The number of amides is 1.